The van der Waals surface area contributed by atoms with E-state index in [0.717, 1.165) is 52.2 Å². The number of nitrogens with zero attached hydrogens (tertiary/aromatic N) is 2. The molecule has 0 amide bonds. The van der Waals surface area contributed by atoms with Crippen LogP contribution in [0.2, 0.25) is 0 Å². The van der Waals surface area contributed by atoms with Gasteiger partial charge in [0, 0.05) is 29.1 Å². The number of hydrogen-bond donors (Lipinski definition) is 1. The zero-order valence-electron chi connectivity index (χ0n) is 16.9. The molecule has 3 aromatic carbocycles. The van der Waals surface area contributed by atoms with Gasteiger partial charge in [-0.2, -0.15) is 5.10 Å². The smallest absolute Gasteiger partial charge is 0.133 e. The van der Waals surface area contributed by atoms with E-state index in [9.17, 15) is 0 Å². The van der Waals surface area contributed by atoms with E-state index in [-0.39, 0.29) is 12.4 Å². The summed E-state index contributed by atoms with van der Waals surface area (Å²) in [5.41, 5.74) is 5.24. The molecule has 0 unspecified atom stereocenters. The van der Waals surface area contributed by atoms with Crippen LogP contribution in [-0.2, 0) is 13.5 Å². The van der Waals surface area contributed by atoms with E-state index < -0.39 is 0 Å². The first-order chi connectivity index (χ1) is 14.6. The monoisotopic (exact) mass is 466 g/mol. The van der Waals surface area contributed by atoms with Gasteiger partial charge in [0.2, 0.25) is 0 Å². The minimum Gasteiger partial charge on any atom is -0.396 e. The average Bonchev–Trinajstić information content (AvgIpc) is 3.07. The Morgan fingerprint density at radius 2 is 1.80 bits per heavy atom. The van der Waals surface area contributed by atoms with E-state index in [1.807, 2.05) is 55.6 Å². The highest BCUT2D eigenvalue weighted by Gasteiger charge is 2.16. The van der Waals surface area contributed by atoms with Crippen molar-refractivity contribution in [2.45, 2.75) is 25.7 Å². The second kappa shape index (κ2) is 9.11. The molecule has 0 saturated heterocycles. The minimum absolute atomic E-state index is 0.229. The third kappa shape index (κ3) is 4.18. The Kier molecular flexibility index (Phi) is 6.30. The van der Waals surface area contributed by atoms with Gasteiger partial charge in [-0.15, -0.1) is 0 Å². The summed E-state index contributed by atoms with van der Waals surface area (Å²) >= 11 is 3.50. The van der Waals surface area contributed by atoms with Crippen molar-refractivity contribution in [3.63, 3.8) is 0 Å². The molecule has 1 aromatic heterocycles. The van der Waals surface area contributed by atoms with Crippen LogP contribution in [0.4, 0.5) is 4.39 Å². The van der Waals surface area contributed by atoms with Crippen molar-refractivity contribution in [2.75, 3.05) is 6.61 Å². The maximum Gasteiger partial charge on any atom is 0.133 e. The molecule has 1 N–H and O–H groups in total. The van der Waals surface area contributed by atoms with Crippen LogP contribution in [0, 0.1) is 5.82 Å². The zero-order valence-corrected chi connectivity index (χ0v) is 18.5. The summed E-state index contributed by atoms with van der Waals surface area (Å²) in [6.07, 6.45) is 3.73. The van der Waals surface area contributed by atoms with Crippen molar-refractivity contribution in [2.24, 2.45) is 7.05 Å². The highest BCUT2D eigenvalue weighted by molar-refractivity contribution is 9.10. The van der Waals surface area contributed by atoms with E-state index in [4.69, 9.17) is 5.11 Å². The predicted molar refractivity (Wildman–Crippen MR) is 124 cm³/mol. The van der Waals surface area contributed by atoms with Crippen LogP contribution in [-0.4, -0.2) is 21.5 Å². The van der Waals surface area contributed by atoms with Gasteiger partial charge in [0.1, 0.15) is 11.5 Å². The summed E-state index contributed by atoms with van der Waals surface area (Å²) in [6, 6.07) is 19.5. The topological polar surface area (TPSA) is 38.0 Å². The van der Waals surface area contributed by atoms with Gasteiger partial charge >= 0.3 is 0 Å². The van der Waals surface area contributed by atoms with Gasteiger partial charge < -0.3 is 5.11 Å². The summed E-state index contributed by atoms with van der Waals surface area (Å²) in [5.74, 6) is -0.275. The van der Waals surface area contributed by atoms with Crippen LogP contribution < -0.4 is 0 Å². The second-order valence-corrected chi connectivity index (χ2v) is 8.44. The largest absolute Gasteiger partial charge is 0.396 e. The Balaban J connectivity index is 1.70. The van der Waals surface area contributed by atoms with Crippen molar-refractivity contribution in [3.05, 3.63) is 76.5 Å². The molecular weight excluding hydrogens is 443 g/mol. The number of halogens is 2. The Morgan fingerprint density at radius 1 is 0.967 bits per heavy atom. The number of unbranched alkanes of at least 4 members (excludes halogenated alkanes) is 2. The van der Waals surface area contributed by atoms with Gasteiger partial charge in [0.05, 0.1) is 5.52 Å². The van der Waals surface area contributed by atoms with E-state index in [1.165, 1.54) is 5.56 Å². The molecule has 4 rings (SSSR count). The summed E-state index contributed by atoms with van der Waals surface area (Å²) < 4.78 is 18.0. The zero-order chi connectivity index (χ0) is 21.1. The highest BCUT2D eigenvalue weighted by atomic mass is 79.9. The molecule has 0 spiro atoms. The van der Waals surface area contributed by atoms with Crippen molar-refractivity contribution in [3.8, 4) is 22.4 Å². The third-order valence-electron chi connectivity index (χ3n) is 5.47. The number of aliphatic hydroxyl groups excluding tert-OH is 1. The Morgan fingerprint density at radius 3 is 2.60 bits per heavy atom. The molecule has 0 atom stereocenters. The summed E-state index contributed by atoms with van der Waals surface area (Å²) in [4.78, 5) is 0. The minimum atomic E-state index is -0.275. The van der Waals surface area contributed by atoms with Gasteiger partial charge in [-0.3, -0.25) is 4.68 Å². The normalized spacial score (nSPS) is 11.3. The van der Waals surface area contributed by atoms with Crippen molar-refractivity contribution in [1.29, 1.82) is 0 Å². The molecule has 4 aromatic rings. The lowest BCUT2D eigenvalue weighted by molar-refractivity contribution is 0.283. The number of hydrogen-bond acceptors (Lipinski definition) is 2. The van der Waals surface area contributed by atoms with Crippen LogP contribution in [0.1, 0.15) is 24.8 Å². The molecule has 0 bridgehead atoms. The Bertz CT molecular complexity index is 1190. The van der Waals surface area contributed by atoms with Crippen molar-refractivity contribution < 1.29 is 9.50 Å². The van der Waals surface area contributed by atoms with Gasteiger partial charge in [-0.1, -0.05) is 52.7 Å². The lowest BCUT2D eigenvalue weighted by Gasteiger charge is -2.11. The first kappa shape index (κ1) is 20.8. The number of aromatic nitrogens is 2. The van der Waals surface area contributed by atoms with Crippen LogP contribution in [0.3, 0.4) is 0 Å². The van der Waals surface area contributed by atoms with Gasteiger partial charge in [-0.25, -0.2) is 4.39 Å². The Hall–Kier alpha value is -2.50. The lowest BCUT2D eigenvalue weighted by atomic mass is 9.94. The molecule has 0 aliphatic rings. The predicted octanol–water partition coefficient (Wildman–Crippen LogP) is 6.51. The first-order valence-electron chi connectivity index (χ1n) is 10.2. The molecule has 0 aliphatic carbocycles. The van der Waals surface area contributed by atoms with Crippen molar-refractivity contribution >= 4 is 26.8 Å². The molecule has 0 radical (unpaired) electrons. The molecule has 0 aliphatic heterocycles. The molecule has 0 fully saturated rings. The SMILES string of the molecule is Cn1nc(-c2ccc(-c3ccccc3CCCCCO)cc2F)c2cc(Br)ccc21. The maximum absolute atomic E-state index is 15.3. The van der Waals surface area contributed by atoms with Crippen LogP contribution in [0.15, 0.2) is 65.1 Å². The van der Waals surface area contributed by atoms with Crippen LogP contribution in [0.5, 0.6) is 0 Å². The molecular formula is C25H24BrFN2O. The molecule has 30 heavy (non-hydrogen) atoms. The fourth-order valence-electron chi connectivity index (χ4n) is 3.94. The molecule has 0 saturated carbocycles. The van der Waals surface area contributed by atoms with Crippen LogP contribution in [0.25, 0.3) is 33.3 Å². The van der Waals surface area contributed by atoms with E-state index in [0.29, 0.717) is 11.3 Å². The fourth-order valence-corrected chi connectivity index (χ4v) is 4.30. The molecule has 154 valence electrons. The van der Waals surface area contributed by atoms with E-state index in [1.54, 1.807) is 10.7 Å². The molecule has 3 nitrogen and oxygen atoms in total. The van der Waals surface area contributed by atoms with E-state index >= 15 is 4.39 Å². The van der Waals surface area contributed by atoms with E-state index in [2.05, 4.69) is 27.1 Å². The quantitative estimate of drug-likeness (QED) is 0.315. The lowest BCUT2D eigenvalue weighted by Crippen LogP contribution is -1.94. The number of fused-ring (bicyclic) bond motifs is 1. The first-order valence-corrected chi connectivity index (χ1v) is 11.0. The highest BCUT2D eigenvalue weighted by Crippen LogP contribution is 2.34. The third-order valence-corrected chi connectivity index (χ3v) is 5.96. The fraction of sp³-hybridized carbons (Fsp3) is 0.240. The van der Waals surface area contributed by atoms with Crippen LogP contribution >= 0.6 is 15.9 Å². The van der Waals surface area contributed by atoms with Gasteiger partial charge in [-0.05, 0) is 66.3 Å². The second-order valence-electron chi connectivity index (χ2n) is 7.52. The summed E-state index contributed by atoms with van der Waals surface area (Å²) in [5, 5.41) is 14.5. The molecule has 1 heterocycles. The van der Waals surface area contributed by atoms with Gasteiger partial charge in [0.25, 0.3) is 0 Å². The van der Waals surface area contributed by atoms with Gasteiger partial charge in [0.15, 0.2) is 0 Å². The Labute approximate surface area is 184 Å². The number of rotatable bonds is 7. The van der Waals surface area contributed by atoms with Crippen molar-refractivity contribution in [1.82, 2.24) is 9.78 Å². The average molecular weight is 467 g/mol. The summed E-state index contributed by atoms with van der Waals surface area (Å²) in [7, 11) is 1.87. The molecule has 5 heteroatoms. The number of aliphatic hydroxyl groups is 1. The standard InChI is InChI=1S/C25H24BrFN2O/c1-29-24-13-11-19(26)16-22(24)25(28-29)21-12-10-18(15-23(21)27)20-9-5-4-8-17(20)7-3-2-6-14-30/h4-5,8-13,15-16,30H,2-3,6-7,14H2,1H3. The maximum atomic E-state index is 15.3. The number of benzene rings is 3. The number of aryl methyl sites for hydroxylation is 2. The summed E-state index contributed by atoms with van der Waals surface area (Å²) in [6.45, 7) is 0.229.